The average Bonchev–Trinajstić information content (AvgIpc) is 2.89. The molecule has 1 atom stereocenters. The maximum absolute atomic E-state index is 12.4. The van der Waals surface area contributed by atoms with Crippen LogP contribution in [-0.2, 0) is 4.79 Å². The number of carbonyl (C=O) groups excluding carboxylic acids is 1. The maximum Gasteiger partial charge on any atom is 0.221 e. The standard InChI is InChI=1S/C15H23N5O/c1-9(14-17-19-20-18-14)16-13(21)8-15-5-10-2-11(6-15)4-12(3-10)7-15/h9-12H,2-8H2,1H3,(H,16,21)(H,17,18,19,20). The number of hydrogen-bond donors (Lipinski definition) is 2. The topological polar surface area (TPSA) is 83.6 Å². The monoisotopic (exact) mass is 289 g/mol. The molecule has 0 aromatic carbocycles. The number of nitrogens with zero attached hydrogens (tertiary/aromatic N) is 3. The molecule has 0 spiro atoms. The predicted octanol–water partition coefficient (Wildman–Crippen LogP) is 1.98. The van der Waals surface area contributed by atoms with Crippen molar-refractivity contribution in [3.63, 3.8) is 0 Å². The molecule has 1 unspecified atom stereocenters. The summed E-state index contributed by atoms with van der Waals surface area (Å²) in [5, 5.41) is 16.9. The third-order valence-electron chi connectivity index (χ3n) is 5.83. The minimum absolute atomic E-state index is 0.147. The summed E-state index contributed by atoms with van der Waals surface area (Å²) in [6, 6.07) is -0.176. The van der Waals surface area contributed by atoms with Crippen LogP contribution in [0.25, 0.3) is 0 Å². The number of rotatable bonds is 4. The van der Waals surface area contributed by atoms with Crippen molar-refractivity contribution in [1.29, 1.82) is 0 Å². The molecule has 4 aliphatic carbocycles. The predicted molar refractivity (Wildman–Crippen MR) is 76.0 cm³/mol. The smallest absolute Gasteiger partial charge is 0.221 e. The molecule has 2 N–H and O–H groups in total. The number of nitrogens with one attached hydrogen (secondary N) is 2. The van der Waals surface area contributed by atoms with E-state index >= 15 is 0 Å². The molecule has 4 saturated carbocycles. The van der Waals surface area contributed by atoms with Gasteiger partial charge in [-0.2, -0.15) is 5.21 Å². The Hall–Kier alpha value is -1.46. The second-order valence-electron chi connectivity index (χ2n) is 7.65. The van der Waals surface area contributed by atoms with Gasteiger partial charge in [0, 0.05) is 6.42 Å². The Kier molecular flexibility index (Phi) is 3.01. The minimum Gasteiger partial charge on any atom is -0.346 e. The van der Waals surface area contributed by atoms with Crippen molar-refractivity contribution >= 4 is 5.91 Å². The normalized spacial score (nSPS) is 38.4. The van der Waals surface area contributed by atoms with Gasteiger partial charge >= 0.3 is 0 Å². The minimum atomic E-state index is -0.176. The molecule has 5 rings (SSSR count). The molecule has 6 nitrogen and oxygen atoms in total. The number of aromatic nitrogens is 4. The Bertz CT molecular complexity index is 491. The summed E-state index contributed by atoms with van der Waals surface area (Å²) in [5.41, 5.74) is 0.288. The quantitative estimate of drug-likeness (QED) is 0.887. The van der Waals surface area contributed by atoms with Crippen molar-refractivity contribution in [3.05, 3.63) is 5.82 Å². The van der Waals surface area contributed by atoms with Crippen LogP contribution in [0.4, 0.5) is 0 Å². The third kappa shape index (κ3) is 2.45. The molecule has 1 amide bonds. The van der Waals surface area contributed by atoms with E-state index in [0.29, 0.717) is 12.2 Å². The van der Waals surface area contributed by atoms with E-state index < -0.39 is 0 Å². The molecule has 114 valence electrons. The highest BCUT2D eigenvalue weighted by atomic mass is 16.1. The summed E-state index contributed by atoms with van der Waals surface area (Å²) in [4.78, 5) is 12.4. The first-order valence-electron chi connectivity index (χ1n) is 8.15. The van der Waals surface area contributed by atoms with Crippen LogP contribution in [0.5, 0.6) is 0 Å². The van der Waals surface area contributed by atoms with Gasteiger partial charge in [-0.05, 0) is 68.6 Å². The molecule has 4 fully saturated rings. The van der Waals surface area contributed by atoms with Gasteiger partial charge in [0.2, 0.25) is 5.91 Å². The lowest BCUT2D eigenvalue weighted by Crippen LogP contribution is -2.48. The lowest BCUT2D eigenvalue weighted by molar-refractivity contribution is -0.130. The van der Waals surface area contributed by atoms with Gasteiger partial charge in [0.15, 0.2) is 5.82 Å². The zero-order chi connectivity index (χ0) is 14.4. The average molecular weight is 289 g/mol. The highest BCUT2D eigenvalue weighted by molar-refractivity contribution is 5.77. The van der Waals surface area contributed by atoms with Gasteiger partial charge in [0.25, 0.3) is 0 Å². The Morgan fingerprint density at radius 1 is 1.29 bits per heavy atom. The number of amides is 1. The third-order valence-corrected chi connectivity index (χ3v) is 5.83. The van der Waals surface area contributed by atoms with Crippen LogP contribution in [0, 0.1) is 23.2 Å². The molecule has 4 bridgehead atoms. The van der Waals surface area contributed by atoms with Crippen LogP contribution in [-0.4, -0.2) is 26.5 Å². The van der Waals surface area contributed by atoms with Gasteiger partial charge in [0.1, 0.15) is 0 Å². The first-order chi connectivity index (χ1) is 10.1. The lowest BCUT2D eigenvalue weighted by Gasteiger charge is -2.56. The van der Waals surface area contributed by atoms with E-state index in [1.54, 1.807) is 0 Å². The van der Waals surface area contributed by atoms with E-state index in [4.69, 9.17) is 0 Å². The zero-order valence-electron chi connectivity index (χ0n) is 12.5. The zero-order valence-corrected chi connectivity index (χ0v) is 12.5. The van der Waals surface area contributed by atoms with Gasteiger partial charge < -0.3 is 5.32 Å². The second-order valence-corrected chi connectivity index (χ2v) is 7.65. The van der Waals surface area contributed by atoms with Crippen LogP contribution in [0.1, 0.15) is 63.7 Å². The molecule has 6 heteroatoms. The molecule has 4 aliphatic rings. The van der Waals surface area contributed by atoms with Crippen LogP contribution in [0.15, 0.2) is 0 Å². The van der Waals surface area contributed by atoms with E-state index in [1.807, 2.05) is 6.92 Å². The van der Waals surface area contributed by atoms with Crippen molar-refractivity contribution in [2.24, 2.45) is 23.2 Å². The van der Waals surface area contributed by atoms with Crippen molar-refractivity contribution < 1.29 is 4.79 Å². The summed E-state index contributed by atoms with van der Waals surface area (Å²) in [6.45, 7) is 1.91. The number of H-pyrrole nitrogens is 1. The second kappa shape index (κ2) is 4.78. The van der Waals surface area contributed by atoms with Gasteiger partial charge in [0.05, 0.1) is 6.04 Å². The fraction of sp³-hybridized carbons (Fsp3) is 0.867. The highest BCUT2D eigenvalue weighted by Crippen LogP contribution is 2.61. The number of tetrazole rings is 1. The van der Waals surface area contributed by atoms with Crippen molar-refractivity contribution in [3.8, 4) is 0 Å². The summed E-state index contributed by atoms with van der Waals surface area (Å²) in [7, 11) is 0. The highest BCUT2D eigenvalue weighted by Gasteiger charge is 2.51. The van der Waals surface area contributed by atoms with Crippen LogP contribution < -0.4 is 5.32 Å². The van der Waals surface area contributed by atoms with Gasteiger partial charge in [-0.25, -0.2) is 0 Å². The molecule has 1 aromatic heterocycles. The Morgan fingerprint density at radius 2 is 1.90 bits per heavy atom. The Morgan fingerprint density at radius 3 is 2.43 bits per heavy atom. The molecule has 0 aliphatic heterocycles. The molecular formula is C15H23N5O. The lowest BCUT2D eigenvalue weighted by atomic mass is 9.49. The summed E-state index contributed by atoms with van der Waals surface area (Å²) in [6.07, 6.45) is 8.73. The molecular weight excluding hydrogens is 266 g/mol. The fourth-order valence-corrected chi connectivity index (χ4v) is 5.56. The number of carbonyl (C=O) groups is 1. The molecule has 0 saturated heterocycles. The summed E-state index contributed by atoms with van der Waals surface area (Å²) in [5.74, 6) is 3.36. The van der Waals surface area contributed by atoms with Crippen LogP contribution in [0.3, 0.4) is 0 Å². The molecule has 1 aromatic rings. The Balaban J connectivity index is 1.40. The fourth-order valence-electron chi connectivity index (χ4n) is 5.56. The van der Waals surface area contributed by atoms with Gasteiger partial charge in [-0.15, -0.1) is 10.2 Å². The molecule has 21 heavy (non-hydrogen) atoms. The summed E-state index contributed by atoms with van der Waals surface area (Å²) >= 11 is 0. The van der Waals surface area contributed by atoms with E-state index in [9.17, 15) is 4.79 Å². The SMILES string of the molecule is CC(NC(=O)CC12CC3CC(CC(C3)C1)C2)c1nn[nH]n1. The van der Waals surface area contributed by atoms with Crippen molar-refractivity contribution in [2.75, 3.05) is 0 Å². The van der Waals surface area contributed by atoms with E-state index in [1.165, 1.54) is 38.5 Å². The molecule has 1 heterocycles. The van der Waals surface area contributed by atoms with Crippen molar-refractivity contribution in [2.45, 2.75) is 57.9 Å². The maximum atomic E-state index is 12.4. The van der Waals surface area contributed by atoms with Crippen LogP contribution in [0.2, 0.25) is 0 Å². The number of aromatic amines is 1. The first kappa shape index (κ1) is 13.2. The largest absolute Gasteiger partial charge is 0.346 e. The summed E-state index contributed by atoms with van der Waals surface area (Å²) < 4.78 is 0. The first-order valence-corrected chi connectivity index (χ1v) is 8.15. The van der Waals surface area contributed by atoms with E-state index in [0.717, 1.165) is 17.8 Å². The van der Waals surface area contributed by atoms with Crippen molar-refractivity contribution in [1.82, 2.24) is 25.9 Å². The van der Waals surface area contributed by atoms with E-state index in [-0.39, 0.29) is 17.4 Å². The Labute approximate surface area is 124 Å². The van der Waals surface area contributed by atoms with Gasteiger partial charge in [-0.3, -0.25) is 4.79 Å². The number of hydrogen-bond acceptors (Lipinski definition) is 4. The van der Waals surface area contributed by atoms with E-state index in [2.05, 4.69) is 25.9 Å². The van der Waals surface area contributed by atoms with Gasteiger partial charge in [-0.1, -0.05) is 5.21 Å². The van der Waals surface area contributed by atoms with Crippen LogP contribution >= 0.6 is 0 Å². The molecule has 0 radical (unpaired) electrons.